The van der Waals surface area contributed by atoms with E-state index >= 15 is 0 Å². The van der Waals surface area contributed by atoms with Crippen molar-refractivity contribution in [2.75, 3.05) is 6.54 Å². The number of thioether (sulfide) groups is 1. The zero-order chi connectivity index (χ0) is 17.0. The quantitative estimate of drug-likeness (QED) is 0.473. The summed E-state index contributed by atoms with van der Waals surface area (Å²) in [6.07, 6.45) is 1.66. The number of rotatable bonds is 7. The van der Waals surface area contributed by atoms with E-state index in [1.807, 2.05) is 26.2 Å². The molecule has 0 saturated heterocycles. The Balaban J connectivity index is 2.27. The number of aromatic nitrogens is 2. The van der Waals surface area contributed by atoms with E-state index in [1.54, 1.807) is 16.7 Å². The summed E-state index contributed by atoms with van der Waals surface area (Å²) >= 11 is 2.73. The number of hydrogen-bond donors (Lipinski definition) is 1. The molecule has 0 saturated carbocycles. The summed E-state index contributed by atoms with van der Waals surface area (Å²) in [5.41, 5.74) is -0.0894. The normalized spacial score (nSPS) is 12.5. The number of fused-ring (bicyclic) bond motifs is 1. The predicted molar refractivity (Wildman–Crippen MR) is 97.2 cm³/mol. The smallest absolute Gasteiger partial charge is 0.263 e. The van der Waals surface area contributed by atoms with E-state index in [1.165, 1.54) is 23.1 Å². The van der Waals surface area contributed by atoms with Crippen LogP contribution in [-0.2, 0) is 11.3 Å². The molecule has 124 valence electrons. The number of thiophene rings is 1. The van der Waals surface area contributed by atoms with Crippen molar-refractivity contribution >= 4 is 39.2 Å². The van der Waals surface area contributed by atoms with Crippen molar-refractivity contribution in [2.45, 2.75) is 37.7 Å². The third kappa shape index (κ3) is 4.23. The Labute approximate surface area is 143 Å². The van der Waals surface area contributed by atoms with Crippen LogP contribution in [0.1, 0.15) is 20.8 Å². The minimum absolute atomic E-state index is 0.0469. The molecule has 23 heavy (non-hydrogen) atoms. The summed E-state index contributed by atoms with van der Waals surface area (Å²) in [4.78, 5) is 29.9. The van der Waals surface area contributed by atoms with Crippen LogP contribution in [0.3, 0.4) is 0 Å². The van der Waals surface area contributed by atoms with Gasteiger partial charge in [0.1, 0.15) is 4.83 Å². The summed E-state index contributed by atoms with van der Waals surface area (Å²) in [5.74, 6) is 0.352. The second-order valence-corrected chi connectivity index (χ2v) is 7.84. The van der Waals surface area contributed by atoms with Gasteiger partial charge in [0.25, 0.3) is 5.56 Å². The molecule has 2 rings (SSSR count). The number of nitrogens with zero attached hydrogens (tertiary/aromatic N) is 2. The number of carbonyl (C=O) groups excluding carboxylic acids is 1. The maximum Gasteiger partial charge on any atom is 0.263 e. The monoisotopic (exact) mass is 351 g/mol. The lowest BCUT2D eigenvalue weighted by atomic mass is 10.2. The molecule has 0 aliphatic heterocycles. The van der Waals surface area contributed by atoms with E-state index in [-0.39, 0.29) is 16.7 Å². The molecule has 0 radical (unpaired) electrons. The van der Waals surface area contributed by atoms with Gasteiger partial charge in [0.2, 0.25) is 5.91 Å². The lowest BCUT2D eigenvalue weighted by molar-refractivity contribution is -0.120. The number of hydrogen-bond acceptors (Lipinski definition) is 5. The van der Waals surface area contributed by atoms with Crippen LogP contribution in [0.2, 0.25) is 0 Å². The van der Waals surface area contributed by atoms with Crippen molar-refractivity contribution < 1.29 is 4.79 Å². The molecule has 2 heterocycles. The van der Waals surface area contributed by atoms with Crippen LogP contribution in [0, 0.1) is 5.92 Å². The lowest BCUT2D eigenvalue weighted by Crippen LogP contribution is -2.34. The molecule has 0 spiro atoms. The number of carbonyl (C=O) groups is 1. The Hall–Kier alpha value is -1.60. The van der Waals surface area contributed by atoms with E-state index in [0.717, 1.165) is 0 Å². The van der Waals surface area contributed by atoms with Crippen molar-refractivity contribution in [3.63, 3.8) is 0 Å². The fraction of sp³-hybridized carbons (Fsp3) is 0.438. The standard InChI is InChI=1S/C16H21N3O2S2/c1-5-7-19-15(21)12-6-8-22-14(12)18-16(19)23-11(4)13(20)17-9-10(2)3/h5-6,8,10-11H,1,7,9H2,2-4H3,(H,17,20). The Kier molecular flexibility index (Phi) is 6.01. The first-order valence-corrected chi connectivity index (χ1v) is 9.23. The average molecular weight is 351 g/mol. The van der Waals surface area contributed by atoms with Crippen molar-refractivity contribution in [3.05, 3.63) is 34.5 Å². The summed E-state index contributed by atoms with van der Waals surface area (Å²) in [7, 11) is 0. The van der Waals surface area contributed by atoms with Crippen molar-refractivity contribution in [1.82, 2.24) is 14.9 Å². The summed E-state index contributed by atoms with van der Waals surface area (Å²) in [6.45, 7) is 10.6. The molecule has 7 heteroatoms. The molecular weight excluding hydrogens is 330 g/mol. The van der Waals surface area contributed by atoms with Gasteiger partial charge in [-0.15, -0.1) is 17.9 Å². The van der Waals surface area contributed by atoms with Crippen LogP contribution in [0.5, 0.6) is 0 Å². The van der Waals surface area contributed by atoms with E-state index in [4.69, 9.17) is 0 Å². The molecule has 0 aliphatic rings. The maximum absolute atomic E-state index is 12.5. The SMILES string of the molecule is C=CCn1c(SC(C)C(=O)NCC(C)C)nc2sccc2c1=O. The minimum Gasteiger partial charge on any atom is -0.355 e. The van der Waals surface area contributed by atoms with Gasteiger partial charge >= 0.3 is 0 Å². The van der Waals surface area contributed by atoms with Gasteiger partial charge in [-0.05, 0) is 24.3 Å². The molecule has 5 nitrogen and oxygen atoms in total. The van der Waals surface area contributed by atoms with E-state index in [0.29, 0.717) is 34.4 Å². The summed E-state index contributed by atoms with van der Waals surface area (Å²) in [6, 6.07) is 1.78. The highest BCUT2D eigenvalue weighted by molar-refractivity contribution is 8.00. The first-order chi connectivity index (χ1) is 10.9. The molecule has 0 aromatic carbocycles. The molecule has 0 bridgehead atoms. The Morgan fingerprint density at radius 1 is 1.52 bits per heavy atom. The van der Waals surface area contributed by atoms with Crippen LogP contribution in [0.4, 0.5) is 0 Å². The predicted octanol–water partition coefficient (Wildman–Crippen LogP) is 2.90. The molecule has 0 fully saturated rings. The van der Waals surface area contributed by atoms with Gasteiger partial charge in [-0.3, -0.25) is 14.2 Å². The molecule has 1 atom stereocenters. The average Bonchev–Trinajstić information content (AvgIpc) is 2.97. The number of allylic oxidation sites excluding steroid dienone is 1. The van der Waals surface area contributed by atoms with E-state index in [2.05, 4.69) is 16.9 Å². The Morgan fingerprint density at radius 2 is 2.26 bits per heavy atom. The zero-order valence-corrected chi connectivity index (χ0v) is 15.2. The second kappa shape index (κ2) is 7.79. The highest BCUT2D eigenvalue weighted by Gasteiger charge is 2.19. The van der Waals surface area contributed by atoms with Crippen LogP contribution in [-0.4, -0.2) is 27.3 Å². The molecule has 1 N–H and O–H groups in total. The Morgan fingerprint density at radius 3 is 2.91 bits per heavy atom. The Bertz CT molecular complexity index is 764. The van der Waals surface area contributed by atoms with Gasteiger partial charge < -0.3 is 5.32 Å². The fourth-order valence-corrected chi connectivity index (χ4v) is 3.72. The largest absolute Gasteiger partial charge is 0.355 e. The van der Waals surface area contributed by atoms with Gasteiger partial charge in [-0.1, -0.05) is 31.7 Å². The highest BCUT2D eigenvalue weighted by atomic mass is 32.2. The van der Waals surface area contributed by atoms with Crippen molar-refractivity contribution in [3.8, 4) is 0 Å². The van der Waals surface area contributed by atoms with Gasteiger partial charge in [0.05, 0.1) is 10.6 Å². The summed E-state index contributed by atoms with van der Waals surface area (Å²) in [5, 5.41) is 5.60. The van der Waals surface area contributed by atoms with Gasteiger partial charge in [0.15, 0.2) is 5.16 Å². The fourth-order valence-electron chi connectivity index (χ4n) is 1.97. The van der Waals surface area contributed by atoms with Crippen LogP contribution in [0.25, 0.3) is 10.2 Å². The van der Waals surface area contributed by atoms with Gasteiger partial charge in [0, 0.05) is 13.1 Å². The molecule has 2 aromatic heterocycles. The van der Waals surface area contributed by atoms with Gasteiger partial charge in [-0.2, -0.15) is 0 Å². The molecule has 0 aliphatic carbocycles. The lowest BCUT2D eigenvalue weighted by Gasteiger charge is -2.15. The highest BCUT2D eigenvalue weighted by Crippen LogP contribution is 2.24. The van der Waals surface area contributed by atoms with E-state index < -0.39 is 0 Å². The second-order valence-electron chi connectivity index (χ2n) is 5.64. The zero-order valence-electron chi connectivity index (χ0n) is 13.5. The van der Waals surface area contributed by atoms with Gasteiger partial charge in [-0.25, -0.2) is 4.98 Å². The third-order valence-corrected chi connectivity index (χ3v) is 5.09. The molecule has 1 unspecified atom stereocenters. The topological polar surface area (TPSA) is 64.0 Å². The third-order valence-electron chi connectivity index (χ3n) is 3.20. The summed E-state index contributed by atoms with van der Waals surface area (Å²) < 4.78 is 1.57. The first kappa shape index (κ1) is 17.7. The molecular formula is C16H21N3O2S2. The molecule has 2 aromatic rings. The van der Waals surface area contributed by atoms with Crippen LogP contribution >= 0.6 is 23.1 Å². The number of amides is 1. The molecule has 1 amide bonds. The van der Waals surface area contributed by atoms with Crippen LogP contribution in [0.15, 0.2) is 34.1 Å². The van der Waals surface area contributed by atoms with Crippen LogP contribution < -0.4 is 10.9 Å². The van der Waals surface area contributed by atoms with Crippen molar-refractivity contribution in [2.24, 2.45) is 5.92 Å². The first-order valence-electron chi connectivity index (χ1n) is 7.47. The van der Waals surface area contributed by atoms with E-state index in [9.17, 15) is 9.59 Å². The number of nitrogens with one attached hydrogen (secondary N) is 1. The van der Waals surface area contributed by atoms with Crippen molar-refractivity contribution in [1.29, 1.82) is 0 Å². The minimum atomic E-state index is -0.325. The maximum atomic E-state index is 12.5.